The zero-order chi connectivity index (χ0) is 26.8. The minimum Gasteiger partial charge on any atom is -0.456 e. The second-order valence-electron chi connectivity index (χ2n) is 9.76. The van der Waals surface area contributed by atoms with Crippen molar-refractivity contribution in [2.75, 3.05) is 24.2 Å². The van der Waals surface area contributed by atoms with Gasteiger partial charge in [0.15, 0.2) is 0 Å². The van der Waals surface area contributed by atoms with Crippen molar-refractivity contribution in [3.63, 3.8) is 0 Å². The Morgan fingerprint density at radius 3 is 2.82 bits per heavy atom. The van der Waals surface area contributed by atoms with Gasteiger partial charge in [-0.15, -0.1) is 0 Å². The van der Waals surface area contributed by atoms with Gasteiger partial charge in [-0.3, -0.25) is 9.69 Å². The molecule has 2 aromatic carbocycles. The van der Waals surface area contributed by atoms with Gasteiger partial charge < -0.3 is 19.8 Å². The molecule has 1 atom stereocenters. The second kappa shape index (κ2) is 10.5. The molecule has 0 bridgehead atoms. The number of likely N-dealkylation sites (tertiary alicyclic amines) is 1. The average Bonchev–Trinajstić information content (AvgIpc) is 3.57. The molecule has 1 saturated heterocycles. The number of benzene rings is 2. The lowest BCUT2D eigenvalue weighted by Gasteiger charge is -2.14. The molecule has 1 aliphatic rings. The Balaban J connectivity index is 1.18. The molecular weight excluding hydrogens is 490 g/mol. The molecule has 6 rings (SSSR count). The van der Waals surface area contributed by atoms with Gasteiger partial charge in [0.05, 0.1) is 11.7 Å². The summed E-state index contributed by atoms with van der Waals surface area (Å²) in [6, 6.07) is 15.6. The van der Waals surface area contributed by atoms with Crippen molar-refractivity contribution in [1.29, 1.82) is 0 Å². The van der Waals surface area contributed by atoms with Crippen LogP contribution in [0.5, 0.6) is 11.5 Å². The number of carbonyl (C=O) groups is 1. The van der Waals surface area contributed by atoms with Gasteiger partial charge in [-0.2, -0.15) is 0 Å². The summed E-state index contributed by atoms with van der Waals surface area (Å²) in [4.78, 5) is 27.9. The Kier molecular flexibility index (Phi) is 6.64. The highest BCUT2D eigenvalue weighted by molar-refractivity contribution is 6.02. The van der Waals surface area contributed by atoms with Gasteiger partial charge >= 0.3 is 0 Å². The number of amides is 1. The van der Waals surface area contributed by atoms with Crippen molar-refractivity contribution in [3.8, 4) is 11.5 Å². The average molecular weight is 520 g/mol. The first kappa shape index (κ1) is 24.6. The maximum Gasteiger partial charge on any atom is 0.248 e. The van der Waals surface area contributed by atoms with Crippen LogP contribution in [0, 0.1) is 6.92 Å². The van der Waals surface area contributed by atoms with Crippen LogP contribution in [0.4, 0.5) is 17.2 Å². The Morgan fingerprint density at radius 1 is 1.08 bits per heavy atom. The number of pyridine rings is 1. The summed E-state index contributed by atoms with van der Waals surface area (Å²) in [5.41, 5.74) is 4.16. The molecule has 5 aromatic rings. The van der Waals surface area contributed by atoms with E-state index < -0.39 is 0 Å². The summed E-state index contributed by atoms with van der Waals surface area (Å²) in [7, 11) is 2.09. The van der Waals surface area contributed by atoms with Crippen molar-refractivity contribution in [2.24, 2.45) is 0 Å². The van der Waals surface area contributed by atoms with Crippen molar-refractivity contribution in [3.05, 3.63) is 91.2 Å². The van der Waals surface area contributed by atoms with Crippen LogP contribution < -0.4 is 15.4 Å². The quantitative estimate of drug-likeness (QED) is 0.266. The molecule has 9 heteroatoms. The van der Waals surface area contributed by atoms with E-state index in [0.717, 1.165) is 58.7 Å². The number of aromatic nitrogens is 4. The summed E-state index contributed by atoms with van der Waals surface area (Å²) in [5.74, 6) is 1.98. The fourth-order valence-electron chi connectivity index (χ4n) is 4.86. The van der Waals surface area contributed by atoms with Gasteiger partial charge in [0.1, 0.15) is 29.3 Å². The number of likely N-dealkylation sites (N-methyl/N-ethyl adjacent to an activating group) is 1. The smallest absolute Gasteiger partial charge is 0.248 e. The minimum absolute atomic E-state index is 0.153. The highest BCUT2D eigenvalue weighted by atomic mass is 16.5. The number of rotatable bonds is 7. The molecule has 4 heterocycles. The first-order valence-electron chi connectivity index (χ1n) is 12.9. The Hall–Kier alpha value is -4.76. The van der Waals surface area contributed by atoms with Gasteiger partial charge in [-0.25, -0.2) is 15.0 Å². The standard InChI is InChI=1S/C30H29N7O2/c1-20-16-21(6-10-27(20)39-24-8-11-28-31-13-15-37(28)18-24)35-30-25-17-22(5-9-26(25)32-19-33-30)34-29(38)12-7-23-4-3-14-36(23)2/h5-13,15-19,23H,3-4,14H2,1-2H3,(H,34,38)(H,32,33,35). The monoisotopic (exact) mass is 519 g/mol. The van der Waals surface area contributed by atoms with Gasteiger partial charge in [-0.1, -0.05) is 6.08 Å². The molecule has 9 nitrogen and oxygen atoms in total. The van der Waals surface area contributed by atoms with Crippen LogP contribution >= 0.6 is 0 Å². The lowest BCUT2D eigenvalue weighted by molar-refractivity contribution is -0.111. The molecule has 39 heavy (non-hydrogen) atoms. The molecule has 0 aliphatic carbocycles. The van der Waals surface area contributed by atoms with Crippen molar-refractivity contribution in [1.82, 2.24) is 24.3 Å². The van der Waals surface area contributed by atoms with E-state index in [0.29, 0.717) is 17.5 Å². The SMILES string of the molecule is Cc1cc(Nc2ncnc3ccc(NC(=O)C=CC4CCCN4C)cc23)ccc1Oc1ccc2nccn2c1. The second-order valence-corrected chi connectivity index (χ2v) is 9.76. The molecular formula is C30H29N7O2. The number of nitrogens with one attached hydrogen (secondary N) is 2. The topological polar surface area (TPSA) is 96.7 Å². The lowest BCUT2D eigenvalue weighted by Crippen LogP contribution is -2.23. The van der Waals surface area contributed by atoms with Gasteiger partial charge in [0, 0.05) is 41.3 Å². The first-order chi connectivity index (χ1) is 19.0. The predicted octanol–water partition coefficient (Wildman–Crippen LogP) is 5.71. The van der Waals surface area contributed by atoms with Crippen molar-refractivity contribution >= 4 is 39.6 Å². The number of hydrogen-bond donors (Lipinski definition) is 2. The Morgan fingerprint density at radius 2 is 1.97 bits per heavy atom. The number of aryl methyl sites for hydroxylation is 1. The Labute approximate surface area is 226 Å². The third-order valence-corrected chi connectivity index (χ3v) is 6.98. The number of nitrogens with zero attached hydrogens (tertiary/aromatic N) is 5. The summed E-state index contributed by atoms with van der Waals surface area (Å²) >= 11 is 0. The van der Waals surface area contributed by atoms with Crippen molar-refractivity contribution in [2.45, 2.75) is 25.8 Å². The highest BCUT2D eigenvalue weighted by Crippen LogP contribution is 2.30. The number of fused-ring (bicyclic) bond motifs is 2. The minimum atomic E-state index is -0.153. The number of imidazole rings is 1. The van der Waals surface area contributed by atoms with Gasteiger partial charge in [0.25, 0.3) is 0 Å². The molecule has 1 amide bonds. The van der Waals surface area contributed by atoms with Crippen LogP contribution in [0.1, 0.15) is 18.4 Å². The summed E-state index contributed by atoms with van der Waals surface area (Å²) in [6.07, 6.45) is 12.9. The largest absolute Gasteiger partial charge is 0.456 e. The van der Waals surface area contributed by atoms with Crippen LogP contribution in [0.3, 0.4) is 0 Å². The summed E-state index contributed by atoms with van der Waals surface area (Å²) in [5, 5.41) is 7.17. The van der Waals surface area contributed by atoms with Crippen LogP contribution in [0.25, 0.3) is 16.6 Å². The van der Waals surface area contributed by atoms with E-state index >= 15 is 0 Å². The van der Waals surface area contributed by atoms with E-state index in [2.05, 4.69) is 37.5 Å². The molecule has 2 N–H and O–H groups in total. The first-order valence-corrected chi connectivity index (χ1v) is 12.9. The highest BCUT2D eigenvalue weighted by Gasteiger charge is 2.18. The van der Waals surface area contributed by atoms with Crippen LogP contribution in [-0.4, -0.2) is 49.8 Å². The number of hydrogen-bond acceptors (Lipinski definition) is 7. The van der Waals surface area contributed by atoms with Crippen LogP contribution in [-0.2, 0) is 4.79 Å². The van der Waals surface area contributed by atoms with E-state index in [1.165, 1.54) is 6.33 Å². The van der Waals surface area contributed by atoms with Crippen LogP contribution in [0.2, 0.25) is 0 Å². The molecule has 1 fully saturated rings. The molecule has 1 aliphatic heterocycles. The molecule has 0 radical (unpaired) electrons. The van der Waals surface area contributed by atoms with E-state index in [1.54, 1.807) is 12.3 Å². The summed E-state index contributed by atoms with van der Waals surface area (Å²) in [6.45, 7) is 3.06. The van der Waals surface area contributed by atoms with Gasteiger partial charge in [0.2, 0.25) is 5.91 Å². The Bertz CT molecular complexity index is 1690. The zero-order valence-electron chi connectivity index (χ0n) is 21.8. The number of carbonyl (C=O) groups excluding carboxylic acids is 1. The number of anilines is 3. The fraction of sp³-hybridized carbons (Fsp3) is 0.200. The molecule has 1 unspecified atom stereocenters. The molecule has 3 aromatic heterocycles. The third-order valence-electron chi connectivity index (χ3n) is 6.98. The van der Waals surface area contributed by atoms with E-state index in [-0.39, 0.29) is 5.91 Å². The fourth-order valence-corrected chi connectivity index (χ4v) is 4.86. The number of ether oxygens (including phenoxy) is 1. The van der Waals surface area contributed by atoms with E-state index in [4.69, 9.17) is 4.74 Å². The van der Waals surface area contributed by atoms with Crippen molar-refractivity contribution < 1.29 is 9.53 Å². The zero-order valence-corrected chi connectivity index (χ0v) is 21.8. The molecule has 196 valence electrons. The maximum absolute atomic E-state index is 12.6. The predicted molar refractivity (Wildman–Crippen MR) is 153 cm³/mol. The molecule has 0 spiro atoms. The van der Waals surface area contributed by atoms with E-state index in [9.17, 15) is 4.79 Å². The van der Waals surface area contributed by atoms with Crippen LogP contribution in [0.15, 0.2) is 85.6 Å². The van der Waals surface area contributed by atoms with E-state index in [1.807, 2.05) is 78.3 Å². The third kappa shape index (κ3) is 5.44. The summed E-state index contributed by atoms with van der Waals surface area (Å²) < 4.78 is 8.04. The normalized spacial score (nSPS) is 15.8. The lowest BCUT2D eigenvalue weighted by atomic mass is 10.1. The van der Waals surface area contributed by atoms with Gasteiger partial charge in [-0.05, 0) is 87.5 Å². The maximum atomic E-state index is 12.6. The molecule has 0 saturated carbocycles.